The first-order valence-electron chi connectivity index (χ1n) is 6.38. The van der Waals surface area contributed by atoms with E-state index in [1.54, 1.807) is 0 Å². The van der Waals surface area contributed by atoms with E-state index in [4.69, 9.17) is 0 Å². The van der Waals surface area contributed by atoms with Gasteiger partial charge in [-0.1, -0.05) is 33.9 Å². The molecule has 0 aliphatic heterocycles. The monoisotopic (exact) mass is 234 g/mol. The molecule has 1 aromatic rings. The molecule has 0 amide bonds. The summed E-state index contributed by atoms with van der Waals surface area (Å²) in [5.41, 5.74) is 2.21. The molecule has 17 heavy (non-hydrogen) atoms. The summed E-state index contributed by atoms with van der Waals surface area (Å²) in [6, 6.07) is 4.55. The first-order chi connectivity index (χ1) is 8.22. The third kappa shape index (κ3) is 4.61. The Morgan fingerprint density at radius 2 is 2.18 bits per heavy atom. The second kappa shape index (κ2) is 8.82. The van der Waals surface area contributed by atoms with Crippen molar-refractivity contribution in [1.29, 1.82) is 0 Å². The van der Waals surface area contributed by atoms with Crippen LogP contribution in [0.5, 0.6) is 0 Å². The van der Waals surface area contributed by atoms with Crippen LogP contribution in [0, 0.1) is 0 Å². The molecule has 0 aliphatic carbocycles. The number of aromatic nitrogens is 1. The normalized spacial score (nSPS) is 11.3. The van der Waals surface area contributed by atoms with Crippen molar-refractivity contribution in [3.8, 4) is 0 Å². The Labute approximate surface area is 106 Å². The molecule has 0 aromatic carbocycles. The largest absolute Gasteiger partial charge is 0.321 e. The number of nitrogens with zero attached hydrogens (tertiary/aromatic N) is 1. The maximum atomic E-state index is 4.12. The predicted molar refractivity (Wildman–Crippen MR) is 79.0 cm³/mol. The van der Waals surface area contributed by atoms with E-state index in [1.165, 1.54) is 0 Å². The van der Waals surface area contributed by atoms with Gasteiger partial charge in [0.25, 0.3) is 0 Å². The minimum absolute atomic E-state index is 0.498. The third-order valence-corrected chi connectivity index (χ3v) is 2.71. The molecule has 0 saturated carbocycles. The van der Waals surface area contributed by atoms with E-state index >= 15 is 0 Å². The molecule has 0 bridgehead atoms. The molecule has 1 unspecified atom stereocenters. The highest BCUT2D eigenvalue weighted by molar-refractivity contribution is 5.53. The Hall–Kier alpha value is -1.28. The molecular weight excluding hydrogens is 208 g/mol. The van der Waals surface area contributed by atoms with E-state index in [0.29, 0.717) is 6.04 Å². The molecule has 0 fully saturated rings. The number of hydrogen-bond acceptors (Lipinski definition) is 1. The van der Waals surface area contributed by atoms with Crippen LogP contribution < -0.4 is 5.32 Å². The van der Waals surface area contributed by atoms with Crippen LogP contribution in [0.3, 0.4) is 0 Å². The van der Waals surface area contributed by atoms with Gasteiger partial charge in [0.15, 0.2) is 0 Å². The van der Waals surface area contributed by atoms with Gasteiger partial charge in [0.2, 0.25) is 0 Å². The lowest BCUT2D eigenvalue weighted by atomic mass is 10.1. The molecule has 96 valence electrons. The zero-order chi connectivity index (χ0) is 13.3. The van der Waals surface area contributed by atoms with E-state index in [1.807, 2.05) is 45.3 Å². The summed E-state index contributed by atoms with van der Waals surface area (Å²) in [5, 5.41) is 3.28. The van der Waals surface area contributed by atoms with Crippen LogP contribution in [0.1, 0.15) is 39.3 Å². The molecule has 0 spiro atoms. The van der Waals surface area contributed by atoms with Gasteiger partial charge in [-0.05, 0) is 31.7 Å². The Morgan fingerprint density at radius 3 is 2.65 bits per heavy atom. The van der Waals surface area contributed by atoms with Crippen LogP contribution in [0.25, 0.3) is 11.8 Å². The van der Waals surface area contributed by atoms with E-state index in [-0.39, 0.29) is 0 Å². The second-order valence-corrected chi connectivity index (χ2v) is 3.67. The molecule has 1 atom stereocenters. The average Bonchev–Trinajstić information content (AvgIpc) is 2.86. The number of rotatable bonds is 6. The van der Waals surface area contributed by atoms with E-state index in [0.717, 1.165) is 24.2 Å². The fourth-order valence-electron chi connectivity index (χ4n) is 1.68. The lowest BCUT2D eigenvalue weighted by Crippen LogP contribution is -2.25. The summed E-state index contributed by atoms with van der Waals surface area (Å²) in [6.45, 7) is 14.1. The highest BCUT2D eigenvalue weighted by atomic mass is 15.0. The molecule has 2 heteroatoms. The van der Waals surface area contributed by atoms with Crippen molar-refractivity contribution in [2.75, 3.05) is 7.05 Å². The molecule has 1 heterocycles. The van der Waals surface area contributed by atoms with Gasteiger partial charge in [0, 0.05) is 30.1 Å². The summed E-state index contributed by atoms with van der Waals surface area (Å²) in [5.74, 6) is 0. The first kappa shape index (κ1) is 15.7. The molecule has 0 saturated heterocycles. The summed E-state index contributed by atoms with van der Waals surface area (Å²) < 4.78 is 2.09. The van der Waals surface area contributed by atoms with Crippen LogP contribution in [0.2, 0.25) is 0 Å². The Kier molecular flexibility index (Phi) is 8.16. The SMILES string of the molecule is C=Cc1cccn1C(=C)CC(CC)NC.CC. The maximum absolute atomic E-state index is 4.12. The summed E-state index contributed by atoms with van der Waals surface area (Å²) >= 11 is 0. The topological polar surface area (TPSA) is 17.0 Å². The van der Waals surface area contributed by atoms with Gasteiger partial charge in [-0.15, -0.1) is 0 Å². The standard InChI is InChI=1S/C13H20N2.C2H6/c1-5-12(14-4)10-11(3)15-9-7-8-13(15)6-2;1-2/h6-9,12,14H,2-3,5,10H2,1,4H3;1-2H3. The van der Waals surface area contributed by atoms with Crippen molar-refractivity contribution in [3.05, 3.63) is 37.2 Å². The van der Waals surface area contributed by atoms with Crippen molar-refractivity contribution >= 4 is 11.8 Å². The molecular formula is C15H26N2. The minimum Gasteiger partial charge on any atom is -0.321 e. The molecule has 1 N–H and O–H groups in total. The quantitative estimate of drug-likeness (QED) is 0.786. The Balaban J connectivity index is 0.00000121. The van der Waals surface area contributed by atoms with Crippen molar-refractivity contribution in [1.82, 2.24) is 9.88 Å². The fraction of sp³-hybridized carbons (Fsp3) is 0.467. The lowest BCUT2D eigenvalue weighted by molar-refractivity contribution is 0.551. The third-order valence-electron chi connectivity index (χ3n) is 2.71. The fourth-order valence-corrected chi connectivity index (χ4v) is 1.68. The first-order valence-corrected chi connectivity index (χ1v) is 6.38. The summed E-state index contributed by atoms with van der Waals surface area (Å²) in [7, 11) is 1.99. The summed E-state index contributed by atoms with van der Waals surface area (Å²) in [4.78, 5) is 0. The van der Waals surface area contributed by atoms with Crippen LogP contribution in [-0.4, -0.2) is 17.7 Å². The summed E-state index contributed by atoms with van der Waals surface area (Å²) in [6.07, 6.45) is 5.95. The average molecular weight is 234 g/mol. The molecule has 0 aliphatic rings. The smallest absolute Gasteiger partial charge is 0.0446 e. The van der Waals surface area contributed by atoms with Crippen molar-refractivity contribution in [2.45, 2.75) is 39.7 Å². The number of nitrogens with one attached hydrogen (secondary N) is 1. The minimum atomic E-state index is 0.498. The van der Waals surface area contributed by atoms with Crippen molar-refractivity contribution < 1.29 is 0 Å². The van der Waals surface area contributed by atoms with Gasteiger partial charge in [-0.25, -0.2) is 0 Å². The van der Waals surface area contributed by atoms with Crippen LogP contribution in [0.15, 0.2) is 31.5 Å². The molecule has 2 nitrogen and oxygen atoms in total. The molecule has 1 rings (SSSR count). The van der Waals surface area contributed by atoms with Gasteiger partial charge in [0.1, 0.15) is 0 Å². The zero-order valence-electron chi connectivity index (χ0n) is 11.7. The van der Waals surface area contributed by atoms with E-state index < -0.39 is 0 Å². The van der Waals surface area contributed by atoms with Gasteiger partial charge in [0.05, 0.1) is 0 Å². The maximum Gasteiger partial charge on any atom is 0.0446 e. The molecule has 0 radical (unpaired) electrons. The van der Waals surface area contributed by atoms with E-state index in [9.17, 15) is 0 Å². The van der Waals surface area contributed by atoms with Crippen molar-refractivity contribution in [3.63, 3.8) is 0 Å². The number of hydrogen-bond donors (Lipinski definition) is 1. The van der Waals surface area contributed by atoms with Gasteiger partial charge in [-0.2, -0.15) is 0 Å². The van der Waals surface area contributed by atoms with E-state index in [2.05, 4.69) is 30.0 Å². The molecule has 1 aromatic heterocycles. The predicted octanol–water partition coefficient (Wildman–Crippen LogP) is 4.02. The Bertz CT molecular complexity index is 332. The van der Waals surface area contributed by atoms with Crippen LogP contribution in [-0.2, 0) is 0 Å². The highest BCUT2D eigenvalue weighted by Gasteiger charge is 2.07. The van der Waals surface area contributed by atoms with Crippen LogP contribution in [0.4, 0.5) is 0 Å². The van der Waals surface area contributed by atoms with Crippen molar-refractivity contribution in [2.24, 2.45) is 0 Å². The lowest BCUT2D eigenvalue weighted by Gasteiger charge is -2.17. The highest BCUT2D eigenvalue weighted by Crippen LogP contribution is 2.16. The van der Waals surface area contributed by atoms with Crippen LogP contribution >= 0.6 is 0 Å². The Morgan fingerprint density at radius 1 is 1.53 bits per heavy atom. The van der Waals surface area contributed by atoms with Gasteiger partial charge >= 0.3 is 0 Å². The van der Waals surface area contributed by atoms with Gasteiger partial charge in [-0.3, -0.25) is 0 Å². The van der Waals surface area contributed by atoms with Gasteiger partial charge < -0.3 is 9.88 Å². The second-order valence-electron chi connectivity index (χ2n) is 3.67. The zero-order valence-corrected chi connectivity index (χ0v) is 11.7.